The molecule has 0 saturated carbocycles. The number of hydrogen-bond acceptors (Lipinski definition) is 5. The lowest BCUT2D eigenvalue weighted by atomic mass is 10.1. The Hall–Kier alpha value is -2.51. The third-order valence-electron chi connectivity index (χ3n) is 4.54. The number of anilines is 1. The zero-order valence-corrected chi connectivity index (χ0v) is 15.7. The van der Waals surface area contributed by atoms with Crippen LogP contribution in [-0.4, -0.2) is 26.4 Å². The van der Waals surface area contributed by atoms with Crippen LogP contribution in [0.1, 0.15) is 16.8 Å². The summed E-state index contributed by atoms with van der Waals surface area (Å²) in [4.78, 5) is 25.7. The number of pyridine rings is 1. The second kappa shape index (κ2) is 7.01. The SMILES string of the molecule is Nc1nc2c(c(=O)[nH]1)CN(Cc1ccc(-c3ccc(Br)cc3)nc1)CC2. The fourth-order valence-electron chi connectivity index (χ4n) is 3.20. The number of nitrogens with two attached hydrogens (primary N) is 1. The first-order chi connectivity index (χ1) is 12.6. The van der Waals surface area contributed by atoms with Gasteiger partial charge in [0.15, 0.2) is 0 Å². The Bertz CT molecular complexity index is 982. The Morgan fingerprint density at radius 1 is 1.19 bits per heavy atom. The number of rotatable bonds is 3. The van der Waals surface area contributed by atoms with Crippen molar-refractivity contribution in [3.8, 4) is 11.3 Å². The highest BCUT2D eigenvalue weighted by Crippen LogP contribution is 2.21. The molecule has 132 valence electrons. The van der Waals surface area contributed by atoms with E-state index in [9.17, 15) is 4.79 Å². The molecule has 3 aromatic rings. The molecule has 0 spiro atoms. The summed E-state index contributed by atoms with van der Waals surface area (Å²) in [5.74, 6) is 0.190. The summed E-state index contributed by atoms with van der Waals surface area (Å²) in [5, 5.41) is 0. The molecule has 0 amide bonds. The van der Waals surface area contributed by atoms with Crippen LogP contribution in [0.2, 0.25) is 0 Å². The van der Waals surface area contributed by atoms with Crippen LogP contribution in [0.5, 0.6) is 0 Å². The predicted octanol–water partition coefficient (Wildman–Crippen LogP) is 2.73. The van der Waals surface area contributed by atoms with Gasteiger partial charge in [-0.1, -0.05) is 34.1 Å². The predicted molar refractivity (Wildman–Crippen MR) is 104 cm³/mol. The zero-order chi connectivity index (χ0) is 18.1. The van der Waals surface area contributed by atoms with Crippen LogP contribution >= 0.6 is 15.9 Å². The van der Waals surface area contributed by atoms with E-state index in [4.69, 9.17) is 5.73 Å². The summed E-state index contributed by atoms with van der Waals surface area (Å²) in [6.45, 7) is 2.17. The normalized spacial score (nSPS) is 14.2. The highest BCUT2D eigenvalue weighted by molar-refractivity contribution is 9.10. The van der Waals surface area contributed by atoms with Gasteiger partial charge in [-0.05, 0) is 23.8 Å². The lowest BCUT2D eigenvalue weighted by Crippen LogP contribution is -2.35. The smallest absolute Gasteiger partial charge is 0.257 e. The lowest BCUT2D eigenvalue weighted by Gasteiger charge is -2.27. The van der Waals surface area contributed by atoms with Crippen molar-refractivity contribution in [3.05, 3.63) is 74.2 Å². The summed E-state index contributed by atoms with van der Waals surface area (Å²) in [6.07, 6.45) is 2.63. The highest BCUT2D eigenvalue weighted by atomic mass is 79.9. The molecule has 3 heterocycles. The lowest BCUT2D eigenvalue weighted by molar-refractivity contribution is 0.241. The van der Waals surface area contributed by atoms with Crippen molar-refractivity contribution in [2.45, 2.75) is 19.5 Å². The van der Waals surface area contributed by atoms with Crippen molar-refractivity contribution >= 4 is 21.9 Å². The molecular formula is C19H18BrN5O. The standard InChI is InChI=1S/C19H18BrN5O/c20-14-4-2-13(3-5-14)16-6-1-12(9-22-16)10-25-8-7-17-15(11-25)18(26)24-19(21)23-17/h1-6,9H,7-8,10-11H2,(H3,21,23,24,26). The molecule has 6 nitrogen and oxygen atoms in total. The van der Waals surface area contributed by atoms with Gasteiger partial charge in [0.25, 0.3) is 5.56 Å². The first kappa shape index (κ1) is 16.9. The van der Waals surface area contributed by atoms with Crippen molar-refractivity contribution in [1.82, 2.24) is 19.9 Å². The molecule has 1 aliphatic heterocycles. The molecule has 0 atom stereocenters. The van der Waals surface area contributed by atoms with E-state index in [1.165, 1.54) is 0 Å². The van der Waals surface area contributed by atoms with Gasteiger partial charge < -0.3 is 5.73 Å². The van der Waals surface area contributed by atoms with E-state index >= 15 is 0 Å². The first-order valence-corrected chi connectivity index (χ1v) is 9.18. The van der Waals surface area contributed by atoms with Crippen LogP contribution in [0.15, 0.2) is 51.9 Å². The number of hydrogen-bond donors (Lipinski definition) is 2. The molecule has 2 aromatic heterocycles. The van der Waals surface area contributed by atoms with Gasteiger partial charge in [0.05, 0.1) is 17.0 Å². The van der Waals surface area contributed by atoms with Gasteiger partial charge in [-0.3, -0.25) is 19.7 Å². The molecule has 1 aliphatic rings. The molecule has 0 radical (unpaired) electrons. The second-order valence-electron chi connectivity index (χ2n) is 6.40. The number of aromatic amines is 1. The monoisotopic (exact) mass is 411 g/mol. The topological polar surface area (TPSA) is 87.9 Å². The number of aromatic nitrogens is 3. The summed E-state index contributed by atoms with van der Waals surface area (Å²) in [5.41, 5.74) is 10.2. The maximum absolute atomic E-state index is 12.1. The van der Waals surface area contributed by atoms with Crippen molar-refractivity contribution in [2.75, 3.05) is 12.3 Å². The van der Waals surface area contributed by atoms with Gasteiger partial charge in [0.2, 0.25) is 5.95 Å². The Morgan fingerprint density at radius 3 is 2.73 bits per heavy atom. The average Bonchev–Trinajstić information content (AvgIpc) is 2.64. The number of H-pyrrole nitrogens is 1. The number of nitrogens with zero attached hydrogens (tertiary/aromatic N) is 3. The Morgan fingerprint density at radius 2 is 2.00 bits per heavy atom. The van der Waals surface area contributed by atoms with Crippen molar-refractivity contribution < 1.29 is 0 Å². The highest BCUT2D eigenvalue weighted by Gasteiger charge is 2.20. The van der Waals surface area contributed by atoms with Crippen molar-refractivity contribution in [3.63, 3.8) is 0 Å². The molecule has 4 rings (SSSR count). The van der Waals surface area contributed by atoms with E-state index < -0.39 is 0 Å². The molecule has 0 aliphatic carbocycles. The van der Waals surface area contributed by atoms with Crippen LogP contribution in [0.25, 0.3) is 11.3 Å². The van der Waals surface area contributed by atoms with Gasteiger partial charge in [-0.25, -0.2) is 4.98 Å². The maximum Gasteiger partial charge on any atom is 0.257 e. The number of nitrogen functional groups attached to an aromatic ring is 1. The maximum atomic E-state index is 12.1. The Labute approximate surface area is 159 Å². The van der Waals surface area contributed by atoms with E-state index in [0.717, 1.165) is 46.5 Å². The third kappa shape index (κ3) is 3.54. The molecule has 0 saturated heterocycles. The summed E-state index contributed by atoms with van der Waals surface area (Å²) in [6, 6.07) is 12.2. The minimum absolute atomic E-state index is 0.138. The molecule has 0 fully saturated rings. The average molecular weight is 412 g/mol. The molecular weight excluding hydrogens is 394 g/mol. The molecule has 26 heavy (non-hydrogen) atoms. The Kier molecular flexibility index (Phi) is 4.57. The van der Waals surface area contributed by atoms with Crippen molar-refractivity contribution in [2.24, 2.45) is 0 Å². The molecule has 1 aromatic carbocycles. The van der Waals surface area contributed by atoms with E-state index in [-0.39, 0.29) is 11.5 Å². The first-order valence-electron chi connectivity index (χ1n) is 8.39. The fourth-order valence-corrected chi connectivity index (χ4v) is 3.47. The van der Waals surface area contributed by atoms with Crippen molar-refractivity contribution in [1.29, 1.82) is 0 Å². The summed E-state index contributed by atoms with van der Waals surface area (Å²) < 4.78 is 1.05. The quantitative estimate of drug-likeness (QED) is 0.691. The summed E-state index contributed by atoms with van der Waals surface area (Å²) >= 11 is 3.44. The van der Waals surface area contributed by atoms with E-state index in [1.54, 1.807) is 0 Å². The Balaban J connectivity index is 1.48. The van der Waals surface area contributed by atoms with Crippen LogP contribution in [0.4, 0.5) is 5.95 Å². The van der Waals surface area contributed by atoms with Crippen LogP contribution < -0.4 is 11.3 Å². The van der Waals surface area contributed by atoms with Crippen LogP contribution in [0.3, 0.4) is 0 Å². The van der Waals surface area contributed by atoms with Gasteiger partial charge in [0.1, 0.15) is 0 Å². The largest absolute Gasteiger partial charge is 0.369 e. The molecule has 0 bridgehead atoms. The van der Waals surface area contributed by atoms with Crippen LogP contribution in [0, 0.1) is 0 Å². The molecule has 0 unspecified atom stereocenters. The molecule has 7 heteroatoms. The summed E-state index contributed by atoms with van der Waals surface area (Å²) in [7, 11) is 0. The van der Waals surface area contributed by atoms with Gasteiger partial charge in [-0.15, -0.1) is 0 Å². The van der Waals surface area contributed by atoms with E-state index in [2.05, 4.69) is 41.8 Å². The minimum atomic E-state index is -0.138. The van der Waals surface area contributed by atoms with Gasteiger partial charge in [-0.2, -0.15) is 0 Å². The van der Waals surface area contributed by atoms with E-state index in [0.29, 0.717) is 12.1 Å². The number of nitrogens with one attached hydrogen (secondary N) is 1. The van der Waals surface area contributed by atoms with Gasteiger partial charge in [0, 0.05) is 42.3 Å². The van der Waals surface area contributed by atoms with Crippen LogP contribution in [-0.2, 0) is 19.5 Å². The fraction of sp³-hybridized carbons (Fsp3) is 0.211. The number of benzene rings is 1. The third-order valence-corrected chi connectivity index (χ3v) is 5.07. The number of fused-ring (bicyclic) bond motifs is 1. The minimum Gasteiger partial charge on any atom is -0.369 e. The van der Waals surface area contributed by atoms with Gasteiger partial charge >= 0.3 is 0 Å². The molecule has 3 N–H and O–H groups in total. The number of halogens is 1. The second-order valence-corrected chi connectivity index (χ2v) is 7.31. The van der Waals surface area contributed by atoms with E-state index in [1.807, 2.05) is 36.5 Å². The zero-order valence-electron chi connectivity index (χ0n) is 14.1.